The molecule has 2 aromatic rings. The first-order chi connectivity index (χ1) is 12.8. The number of fused-ring (bicyclic) bond motifs is 4. The molecule has 0 aromatic carbocycles. The van der Waals surface area contributed by atoms with E-state index in [2.05, 4.69) is 14.7 Å². The predicted octanol–water partition coefficient (Wildman–Crippen LogP) is 0.291. The lowest BCUT2D eigenvalue weighted by molar-refractivity contribution is 0.0852. The maximum absolute atomic E-state index is 12.6. The highest BCUT2D eigenvalue weighted by molar-refractivity contribution is 7.88. The van der Waals surface area contributed by atoms with Gasteiger partial charge < -0.3 is 4.57 Å². The van der Waals surface area contributed by atoms with Crippen molar-refractivity contribution in [1.29, 1.82) is 0 Å². The van der Waals surface area contributed by atoms with Crippen LogP contribution in [0, 0.1) is 5.92 Å². The Bertz CT molecular complexity index is 996. The first-order valence-electron chi connectivity index (χ1n) is 9.17. The summed E-state index contributed by atoms with van der Waals surface area (Å²) in [5.41, 5.74) is 2.10. The number of aromatic nitrogens is 3. The standard InChI is InChI=1S/C18H25N5O3S/c1-21-15(6-7-19-21)12-22-10-13-8-14(11-22)17(9-20-27(2,25)26)23-16(13)4-3-5-18(23)24/h3-7,13-14,17,20H,8-12H2,1-2H3/t13-,14+,17+/m1/s1. The Morgan fingerprint density at radius 3 is 2.78 bits per heavy atom. The van der Waals surface area contributed by atoms with Crippen LogP contribution in [0.3, 0.4) is 0 Å². The van der Waals surface area contributed by atoms with Gasteiger partial charge in [-0.3, -0.25) is 14.4 Å². The molecule has 0 saturated carbocycles. The van der Waals surface area contributed by atoms with Crippen LogP contribution in [0.2, 0.25) is 0 Å². The van der Waals surface area contributed by atoms with Crippen molar-refractivity contribution in [2.75, 3.05) is 25.9 Å². The van der Waals surface area contributed by atoms with Crippen LogP contribution in [0.15, 0.2) is 35.3 Å². The Kier molecular flexibility index (Phi) is 4.69. The van der Waals surface area contributed by atoms with E-state index < -0.39 is 10.0 Å². The normalized spacial score (nSPS) is 25.3. The van der Waals surface area contributed by atoms with Gasteiger partial charge >= 0.3 is 0 Å². The van der Waals surface area contributed by atoms with Crippen LogP contribution in [0.5, 0.6) is 0 Å². The van der Waals surface area contributed by atoms with Crippen LogP contribution in [0.25, 0.3) is 0 Å². The number of hydrogen-bond acceptors (Lipinski definition) is 5. The number of pyridine rings is 1. The van der Waals surface area contributed by atoms with E-state index in [1.807, 2.05) is 28.4 Å². The van der Waals surface area contributed by atoms with Gasteiger partial charge in [0.1, 0.15) is 0 Å². The second kappa shape index (κ2) is 6.88. The number of sulfonamides is 1. The van der Waals surface area contributed by atoms with Gasteiger partial charge in [-0.2, -0.15) is 5.10 Å². The average molecular weight is 391 g/mol. The van der Waals surface area contributed by atoms with Crippen LogP contribution >= 0.6 is 0 Å². The first kappa shape index (κ1) is 18.4. The summed E-state index contributed by atoms with van der Waals surface area (Å²) in [6.07, 6.45) is 3.93. The maximum atomic E-state index is 12.6. The number of hydrogen-bond donors (Lipinski definition) is 1. The summed E-state index contributed by atoms with van der Waals surface area (Å²) < 4.78 is 29.6. The maximum Gasteiger partial charge on any atom is 0.251 e. The lowest BCUT2D eigenvalue weighted by Gasteiger charge is -2.47. The molecule has 4 heterocycles. The minimum atomic E-state index is -3.32. The zero-order chi connectivity index (χ0) is 19.2. The van der Waals surface area contributed by atoms with Crippen molar-refractivity contribution >= 4 is 10.0 Å². The second-order valence-corrected chi connectivity index (χ2v) is 9.51. The van der Waals surface area contributed by atoms with E-state index in [1.165, 1.54) is 0 Å². The summed E-state index contributed by atoms with van der Waals surface area (Å²) in [4.78, 5) is 15.0. The molecule has 4 rings (SSSR count). The van der Waals surface area contributed by atoms with Crippen LogP contribution in [-0.2, 0) is 23.6 Å². The summed E-state index contributed by atoms with van der Waals surface area (Å²) in [7, 11) is -1.38. The first-order valence-corrected chi connectivity index (χ1v) is 11.1. The van der Waals surface area contributed by atoms with Crippen LogP contribution in [0.4, 0.5) is 0 Å². The topological polar surface area (TPSA) is 89.2 Å². The molecule has 0 spiro atoms. The Labute approximate surface area is 158 Å². The molecule has 146 valence electrons. The third-order valence-corrected chi connectivity index (χ3v) is 6.43. The molecule has 1 saturated heterocycles. The smallest absolute Gasteiger partial charge is 0.251 e. The minimum absolute atomic E-state index is 0.0532. The molecule has 1 fully saturated rings. The zero-order valence-corrected chi connectivity index (χ0v) is 16.4. The fourth-order valence-electron chi connectivity index (χ4n) is 4.55. The molecule has 2 aliphatic heterocycles. The number of aryl methyl sites for hydroxylation is 1. The molecular weight excluding hydrogens is 366 g/mol. The minimum Gasteiger partial charge on any atom is -0.308 e. The van der Waals surface area contributed by atoms with E-state index in [-0.39, 0.29) is 30.0 Å². The van der Waals surface area contributed by atoms with E-state index in [4.69, 9.17) is 0 Å². The van der Waals surface area contributed by atoms with Crippen LogP contribution in [0.1, 0.15) is 29.8 Å². The largest absolute Gasteiger partial charge is 0.308 e. The lowest BCUT2D eigenvalue weighted by atomic mass is 9.78. The molecule has 0 radical (unpaired) electrons. The quantitative estimate of drug-likeness (QED) is 0.791. The Morgan fingerprint density at radius 2 is 2.07 bits per heavy atom. The third-order valence-electron chi connectivity index (χ3n) is 5.74. The van der Waals surface area contributed by atoms with Gasteiger partial charge in [0.25, 0.3) is 5.56 Å². The van der Waals surface area contributed by atoms with Crippen LogP contribution in [-0.4, -0.2) is 53.6 Å². The number of nitrogens with one attached hydrogen (secondary N) is 1. The average Bonchev–Trinajstić information content (AvgIpc) is 2.99. The molecule has 1 N–H and O–H groups in total. The highest BCUT2D eigenvalue weighted by Gasteiger charge is 2.40. The van der Waals surface area contributed by atoms with Gasteiger partial charge in [0, 0.05) is 57.1 Å². The Balaban J connectivity index is 1.65. The van der Waals surface area contributed by atoms with Crippen molar-refractivity contribution in [3.05, 3.63) is 52.2 Å². The number of likely N-dealkylation sites (tertiary alicyclic amines) is 1. The summed E-state index contributed by atoms with van der Waals surface area (Å²) in [5, 5.41) is 4.24. The SMILES string of the molecule is Cn1nccc1CN1C[C@H]2C[C@@H](C1)[C@H](CNS(C)(=O)=O)n1c2cccc1=O. The molecule has 9 heteroatoms. The van der Waals surface area contributed by atoms with Crippen molar-refractivity contribution in [3.63, 3.8) is 0 Å². The summed E-state index contributed by atoms with van der Waals surface area (Å²) in [6.45, 7) is 2.76. The van der Waals surface area contributed by atoms with E-state index >= 15 is 0 Å². The monoisotopic (exact) mass is 391 g/mol. The van der Waals surface area contributed by atoms with Crippen LogP contribution < -0.4 is 10.3 Å². The van der Waals surface area contributed by atoms with Gasteiger partial charge in [0.05, 0.1) is 18.0 Å². The molecular formula is C18H25N5O3S. The molecule has 27 heavy (non-hydrogen) atoms. The highest BCUT2D eigenvalue weighted by Crippen LogP contribution is 2.41. The van der Waals surface area contributed by atoms with E-state index in [0.29, 0.717) is 0 Å². The van der Waals surface area contributed by atoms with Gasteiger partial charge in [-0.25, -0.2) is 13.1 Å². The predicted molar refractivity (Wildman–Crippen MR) is 102 cm³/mol. The number of piperidine rings is 1. The summed E-state index contributed by atoms with van der Waals surface area (Å²) in [5.74, 6) is 0.499. The van der Waals surface area contributed by atoms with E-state index in [1.54, 1.807) is 18.3 Å². The summed E-state index contributed by atoms with van der Waals surface area (Å²) in [6, 6.07) is 7.21. The molecule has 0 unspecified atom stereocenters. The van der Waals surface area contributed by atoms with E-state index in [9.17, 15) is 13.2 Å². The van der Waals surface area contributed by atoms with Crippen molar-refractivity contribution in [2.24, 2.45) is 13.0 Å². The van der Waals surface area contributed by atoms with Crippen molar-refractivity contribution < 1.29 is 8.42 Å². The fourth-order valence-corrected chi connectivity index (χ4v) is 5.02. The summed E-state index contributed by atoms with van der Waals surface area (Å²) >= 11 is 0. The molecule has 0 aliphatic carbocycles. The highest BCUT2D eigenvalue weighted by atomic mass is 32.2. The number of nitrogens with zero attached hydrogens (tertiary/aromatic N) is 4. The van der Waals surface area contributed by atoms with Crippen molar-refractivity contribution in [3.8, 4) is 0 Å². The zero-order valence-electron chi connectivity index (χ0n) is 15.6. The number of rotatable bonds is 5. The lowest BCUT2D eigenvalue weighted by Crippen LogP contribution is -2.51. The van der Waals surface area contributed by atoms with Crippen molar-refractivity contribution in [1.82, 2.24) is 24.0 Å². The van der Waals surface area contributed by atoms with Gasteiger partial charge in [-0.05, 0) is 24.5 Å². The third kappa shape index (κ3) is 3.71. The van der Waals surface area contributed by atoms with Crippen molar-refractivity contribution in [2.45, 2.75) is 24.9 Å². The van der Waals surface area contributed by atoms with Gasteiger partial charge in [0.2, 0.25) is 10.0 Å². The molecule has 2 aromatic heterocycles. The molecule has 0 amide bonds. The Morgan fingerprint density at radius 1 is 1.26 bits per heavy atom. The van der Waals surface area contributed by atoms with E-state index in [0.717, 1.165) is 43.7 Å². The molecule has 2 aliphatic rings. The van der Waals surface area contributed by atoms with Gasteiger partial charge in [0.15, 0.2) is 0 Å². The second-order valence-electron chi connectivity index (χ2n) is 7.68. The molecule has 3 atom stereocenters. The fraction of sp³-hybridized carbons (Fsp3) is 0.556. The Hall–Kier alpha value is -1.97. The molecule has 8 nitrogen and oxygen atoms in total. The van der Waals surface area contributed by atoms with Gasteiger partial charge in [-0.1, -0.05) is 6.07 Å². The molecule has 2 bridgehead atoms. The van der Waals surface area contributed by atoms with Gasteiger partial charge in [-0.15, -0.1) is 0 Å².